The van der Waals surface area contributed by atoms with E-state index in [9.17, 15) is 14.4 Å². The van der Waals surface area contributed by atoms with Crippen molar-refractivity contribution in [3.63, 3.8) is 0 Å². The topological polar surface area (TPSA) is 123 Å². The number of esters is 1. The number of aryl methyl sites for hydroxylation is 1. The lowest BCUT2D eigenvalue weighted by atomic mass is 10.1. The normalized spacial score (nSPS) is 10.6. The van der Waals surface area contributed by atoms with E-state index in [-0.39, 0.29) is 18.7 Å². The maximum absolute atomic E-state index is 11.8. The number of amides is 3. The van der Waals surface area contributed by atoms with Crippen molar-refractivity contribution in [1.82, 2.24) is 20.8 Å². The number of nitrogens with one attached hydrogen (secondary N) is 2. The molecule has 0 aliphatic carbocycles. The van der Waals surface area contributed by atoms with Gasteiger partial charge in [0.25, 0.3) is 5.91 Å². The smallest absolute Gasteiger partial charge is 0.321 e. The third-order valence-electron chi connectivity index (χ3n) is 3.74. The van der Waals surface area contributed by atoms with E-state index in [1.54, 1.807) is 24.3 Å². The monoisotopic (exact) mass is 422 g/mol. The first kappa shape index (κ1) is 22.4. The molecule has 0 saturated carbocycles. The number of ether oxygens (including phenoxy) is 1. The molecule has 9 nitrogen and oxygen atoms in total. The van der Waals surface area contributed by atoms with Crippen molar-refractivity contribution < 1.29 is 23.6 Å². The molecule has 0 unspecified atom stereocenters. The van der Waals surface area contributed by atoms with Gasteiger partial charge >= 0.3 is 12.0 Å². The van der Waals surface area contributed by atoms with Crippen LogP contribution in [-0.2, 0) is 20.7 Å². The van der Waals surface area contributed by atoms with Crippen molar-refractivity contribution >= 4 is 29.5 Å². The number of carbonyl (C=O) groups excluding carboxylic acids is 3. The van der Waals surface area contributed by atoms with Gasteiger partial charge in [-0.05, 0) is 36.6 Å². The molecule has 0 spiro atoms. The molecule has 2 rings (SSSR count). The molecule has 0 fully saturated rings. The number of carbonyl (C=O) groups is 3. The van der Waals surface area contributed by atoms with Gasteiger partial charge in [-0.2, -0.15) is 4.98 Å². The maximum Gasteiger partial charge on any atom is 0.321 e. The van der Waals surface area contributed by atoms with E-state index in [1.165, 1.54) is 0 Å². The summed E-state index contributed by atoms with van der Waals surface area (Å²) >= 11 is 5.84. The second kappa shape index (κ2) is 11.2. The lowest BCUT2D eigenvalue weighted by Gasteiger charge is -2.08. The van der Waals surface area contributed by atoms with E-state index in [2.05, 4.69) is 20.8 Å². The van der Waals surface area contributed by atoms with E-state index < -0.39 is 24.5 Å². The predicted molar refractivity (Wildman–Crippen MR) is 105 cm³/mol. The Morgan fingerprint density at radius 1 is 1.21 bits per heavy atom. The zero-order valence-electron chi connectivity index (χ0n) is 16.2. The Hall–Kier alpha value is -2.94. The lowest BCUT2D eigenvalue weighted by molar-refractivity contribution is -0.148. The number of nitrogens with zero attached hydrogens (tertiary/aromatic N) is 2. The molecule has 0 bridgehead atoms. The SMILES string of the molecule is CC(C)CCNC(=O)NC(=O)COC(=O)CCc1nc(-c2ccc(Cl)cc2)no1. The molecule has 0 saturated heterocycles. The molecule has 2 N–H and O–H groups in total. The highest BCUT2D eigenvalue weighted by Gasteiger charge is 2.14. The van der Waals surface area contributed by atoms with Crippen molar-refractivity contribution in [2.45, 2.75) is 33.1 Å². The number of halogens is 1. The second-order valence-electron chi connectivity index (χ2n) is 6.67. The van der Waals surface area contributed by atoms with E-state index in [0.717, 1.165) is 12.0 Å². The zero-order valence-corrected chi connectivity index (χ0v) is 17.0. The quantitative estimate of drug-likeness (QED) is 0.595. The van der Waals surface area contributed by atoms with E-state index in [1.807, 2.05) is 13.8 Å². The van der Waals surface area contributed by atoms with Crippen LogP contribution in [0.15, 0.2) is 28.8 Å². The minimum atomic E-state index is -0.705. The third-order valence-corrected chi connectivity index (χ3v) is 3.99. The number of imide groups is 1. The average Bonchev–Trinajstić information content (AvgIpc) is 3.14. The highest BCUT2D eigenvalue weighted by Crippen LogP contribution is 2.19. The molecule has 1 aromatic carbocycles. The largest absolute Gasteiger partial charge is 0.456 e. The zero-order chi connectivity index (χ0) is 21.2. The van der Waals surface area contributed by atoms with Gasteiger partial charge in [-0.25, -0.2) is 4.79 Å². The average molecular weight is 423 g/mol. The predicted octanol–water partition coefficient (Wildman–Crippen LogP) is 2.74. The summed E-state index contributed by atoms with van der Waals surface area (Å²) in [6.07, 6.45) is 0.916. The third kappa shape index (κ3) is 8.30. The van der Waals surface area contributed by atoms with Crippen molar-refractivity contribution in [1.29, 1.82) is 0 Å². The van der Waals surface area contributed by atoms with Gasteiger partial charge in [0.05, 0.1) is 6.42 Å². The molecular weight excluding hydrogens is 400 g/mol. The molecule has 1 aromatic heterocycles. The van der Waals surface area contributed by atoms with E-state index >= 15 is 0 Å². The number of rotatable bonds is 9. The fourth-order valence-electron chi connectivity index (χ4n) is 2.18. The molecule has 0 atom stereocenters. The van der Waals surface area contributed by atoms with Crippen molar-refractivity contribution in [2.24, 2.45) is 5.92 Å². The summed E-state index contributed by atoms with van der Waals surface area (Å²) in [6, 6.07) is 6.30. The molecule has 156 valence electrons. The Labute approximate surface area is 173 Å². The van der Waals surface area contributed by atoms with E-state index in [4.69, 9.17) is 20.9 Å². The van der Waals surface area contributed by atoms with Crippen molar-refractivity contribution in [2.75, 3.05) is 13.2 Å². The molecular formula is C19H23ClN4O5. The van der Waals surface area contributed by atoms with Crippen LogP contribution in [0.25, 0.3) is 11.4 Å². The summed E-state index contributed by atoms with van der Waals surface area (Å²) in [5.41, 5.74) is 0.732. The second-order valence-corrected chi connectivity index (χ2v) is 7.10. The van der Waals surface area contributed by atoms with Gasteiger partial charge < -0.3 is 14.6 Å². The molecule has 2 aromatic rings. The van der Waals surface area contributed by atoms with Crippen molar-refractivity contribution in [3.05, 3.63) is 35.2 Å². The lowest BCUT2D eigenvalue weighted by Crippen LogP contribution is -2.42. The standard InChI is InChI=1S/C19H23ClN4O5/c1-12(2)9-10-21-19(27)22-15(25)11-28-17(26)8-7-16-23-18(24-29-16)13-3-5-14(20)6-4-13/h3-6,12H,7-11H2,1-2H3,(H2,21,22,25,27). The highest BCUT2D eigenvalue weighted by molar-refractivity contribution is 6.30. The Bertz CT molecular complexity index is 835. The number of hydrogen-bond acceptors (Lipinski definition) is 7. The molecule has 10 heteroatoms. The van der Waals surface area contributed by atoms with Crippen molar-refractivity contribution in [3.8, 4) is 11.4 Å². The molecule has 3 amide bonds. The first-order chi connectivity index (χ1) is 13.8. The van der Waals surface area contributed by atoms with Crippen LogP contribution >= 0.6 is 11.6 Å². The fraction of sp³-hybridized carbons (Fsp3) is 0.421. The molecule has 0 aliphatic rings. The summed E-state index contributed by atoms with van der Waals surface area (Å²) in [5, 5.41) is 9.08. The fourth-order valence-corrected chi connectivity index (χ4v) is 2.31. The summed E-state index contributed by atoms with van der Waals surface area (Å²) < 4.78 is 9.94. The van der Waals surface area contributed by atoms with Gasteiger partial charge in [-0.3, -0.25) is 14.9 Å². The maximum atomic E-state index is 11.8. The summed E-state index contributed by atoms with van der Waals surface area (Å²) in [6.45, 7) is 3.96. The number of benzene rings is 1. The van der Waals surface area contributed by atoms with Crippen LogP contribution in [0.4, 0.5) is 4.79 Å². The molecule has 29 heavy (non-hydrogen) atoms. The summed E-state index contributed by atoms with van der Waals surface area (Å²) in [7, 11) is 0. The Balaban J connectivity index is 1.67. The number of urea groups is 1. The first-order valence-electron chi connectivity index (χ1n) is 9.15. The summed E-state index contributed by atoms with van der Waals surface area (Å²) in [5.74, 6) is -0.239. The first-order valence-corrected chi connectivity index (χ1v) is 9.53. The minimum absolute atomic E-state index is 0.0455. The minimum Gasteiger partial charge on any atom is -0.456 e. The highest BCUT2D eigenvalue weighted by atomic mass is 35.5. The van der Waals surface area contributed by atoms with Gasteiger partial charge in [-0.15, -0.1) is 0 Å². The van der Waals surface area contributed by atoms with Crippen LogP contribution in [0, 0.1) is 5.92 Å². The Morgan fingerprint density at radius 2 is 1.93 bits per heavy atom. The van der Waals surface area contributed by atoms with Crippen LogP contribution in [-0.4, -0.2) is 41.2 Å². The van der Waals surface area contributed by atoms with Gasteiger partial charge in [0, 0.05) is 23.6 Å². The van der Waals surface area contributed by atoms with E-state index in [0.29, 0.717) is 23.3 Å². The van der Waals surface area contributed by atoms with Gasteiger partial charge in [-0.1, -0.05) is 30.6 Å². The molecule has 1 heterocycles. The number of aromatic nitrogens is 2. The Morgan fingerprint density at radius 3 is 2.62 bits per heavy atom. The van der Waals surface area contributed by atoms with Crippen LogP contribution in [0.5, 0.6) is 0 Å². The molecule has 0 radical (unpaired) electrons. The number of hydrogen-bond donors (Lipinski definition) is 2. The van der Waals surface area contributed by atoms with Gasteiger partial charge in [0.15, 0.2) is 6.61 Å². The van der Waals surface area contributed by atoms with Crippen LogP contribution in [0.2, 0.25) is 5.02 Å². The molecule has 0 aliphatic heterocycles. The Kier molecular flexibility index (Phi) is 8.60. The van der Waals surface area contributed by atoms with Gasteiger partial charge in [0.1, 0.15) is 0 Å². The van der Waals surface area contributed by atoms with Crippen LogP contribution in [0.3, 0.4) is 0 Å². The summed E-state index contributed by atoms with van der Waals surface area (Å²) in [4.78, 5) is 39.1. The van der Waals surface area contributed by atoms with Crippen LogP contribution in [0.1, 0.15) is 32.6 Å². The van der Waals surface area contributed by atoms with Gasteiger partial charge in [0.2, 0.25) is 11.7 Å². The van der Waals surface area contributed by atoms with Crippen LogP contribution < -0.4 is 10.6 Å².